The lowest BCUT2D eigenvalue weighted by atomic mass is 10.3. The van der Waals surface area contributed by atoms with Gasteiger partial charge in [0.05, 0.1) is 11.1 Å². The maximum absolute atomic E-state index is 9.33. The number of nitrogens with zero attached hydrogens (tertiary/aromatic N) is 2. The van der Waals surface area contributed by atoms with Gasteiger partial charge in [-0.3, -0.25) is 0 Å². The Kier molecular flexibility index (Phi) is 2.38. The average molecular weight is 198 g/mol. The minimum atomic E-state index is -0.252. The normalized spacial score (nSPS) is 22.3. The average Bonchev–Trinajstić information content (AvgIpc) is 2.53. The molecule has 1 N–H and O–H groups in total. The van der Waals surface area contributed by atoms with Crippen LogP contribution in [0.1, 0.15) is 6.42 Å². The second-order valence-corrected chi connectivity index (χ2v) is 3.49. The van der Waals surface area contributed by atoms with E-state index in [9.17, 15) is 5.11 Å². The van der Waals surface area contributed by atoms with E-state index in [0.29, 0.717) is 11.6 Å². The number of hydrogen-bond acceptors (Lipinski definition) is 3. The number of β-amino-alcohol motifs (C(OH)–C–C–N with tert-alkyl or cyclic N) is 1. The Morgan fingerprint density at radius 2 is 2.54 bits per heavy atom. The molecule has 1 fully saturated rings. The predicted octanol–water partition coefficient (Wildman–Crippen LogP) is 1.11. The molecule has 0 bridgehead atoms. The lowest BCUT2D eigenvalue weighted by Gasteiger charge is -2.16. The van der Waals surface area contributed by atoms with E-state index in [1.54, 1.807) is 12.3 Å². The van der Waals surface area contributed by atoms with Gasteiger partial charge in [-0.15, -0.1) is 0 Å². The highest BCUT2D eigenvalue weighted by atomic mass is 35.5. The summed E-state index contributed by atoms with van der Waals surface area (Å²) in [7, 11) is 0. The van der Waals surface area contributed by atoms with Crippen LogP contribution in [0.5, 0.6) is 0 Å². The van der Waals surface area contributed by atoms with E-state index >= 15 is 0 Å². The van der Waals surface area contributed by atoms with Gasteiger partial charge in [-0.25, -0.2) is 4.98 Å². The molecule has 0 saturated carbocycles. The molecule has 0 aliphatic carbocycles. The Morgan fingerprint density at radius 1 is 1.69 bits per heavy atom. The van der Waals surface area contributed by atoms with Crippen molar-refractivity contribution in [2.45, 2.75) is 12.5 Å². The molecule has 0 amide bonds. The molecule has 1 atom stereocenters. The molecule has 0 spiro atoms. The SMILES string of the molecule is O[C@H]1CCN(c2ncc[c]c2Cl)C1. The van der Waals surface area contributed by atoms with Crippen molar-refractivity contribution in [3.8, 4) is 0 Å². The van der Waals surface area contributed by atoms with Crippen LogP contribution in [-0.2, 0) is 0 Å². The Bertz CT molecular complexity index is 305. The smallest absolute Gasteiger partial charge is 0.148 e. The molecule has 69 valence electrons. The van der Waals surface area contributed by atoms with Crippen LogP contribution in [0.4, 0.5) is 5.82 Å². The van der Waals surface area contributed by atoms with Gasteiger partial charge in [0.15, 0.2) is 0 Å². The van der Waals surface area contributed by atoms with Gasteiger partial charge in [0.2, 0.25) is 0 Å². The van der Waals surface area contributed by atoms with E-state index in [1.165, 1.54) is 0 Å². The molecule has 1 saturated heterocycles. The van der Waals surface area contributed by atoms with Crippen molar-refractivity contribution in [1.82, 2.24) is 4.98 Å². The Labute approximate surface area is 82.0 Å². The standard InChI is InChI=1S/C9H10ClN2O/c10-8-2-1-4-11-9(8)12-5-3-7(13)6-12/h1,4,7,13H,3,5-6H2/t7-/m0/s1. The van der Waals surface area contributed by atoms with Gasteiger partial charge >= 0.3 is 0 Å². The van der Waals surface area contributed by atoms with E-state index in [2.05, 4.69) is 11.1 Å². The highest BCUT2D eigenvalue weighted by molar-refractivity contribution is 6.32. The quantitative estimate of drug-likeness (QED) is 0.733. The number of halogens is 1. The molecule has 3 nitrogen and oxygen atoms in total. The zero-order valence-corrected chi connectivity index (χ0v) is 7.83. The van der Waals surface area contributed by atoms with Crippen LogP contribution in [0.2, 0.25) is 5.02 Å². The predicted molar refractivity (Wildman–Crippen MR) is 50.9 cm³/mol. The molecule has 2 rings (SSSR count). The third-order valence-corrected chi connectivity index (χ3v) is 2.42. The number of anilines is 1. The van der Waals surface area contributed by atoms with Crippen molar-refractivity contribution < 1.29 is 5.11 Å². The molecule has 2 heterocycles. The van der Waals surface area contributed by atoms with E-state index in [-0.39, 0.29) is 6.10 Å². The van der Waals surface area contributed by atoms with Gasteiger partial charge in [-0.2, -0.15) is 0 Å². The summed E-state index contributed by atoms with van der Waals surface area (Å²) in [5, 5.41) is 9.85. The topological polar surface area (TPSA) is 36.4 Å². The van der Waals surface area contributed by atoms with Gasteiger partial charge in [0.1, 0.15) is 5.82 Å². The minimum absolute atomic E-state index is 0.252. The lowest BCUT2D eigenvalue weighted by Crippen LogP contribution is -2.22. The van der Waals surface area contributed by atoms with Crippen LogP contribution in [0.15, 0.2) is 12.3 Å². The summed E-state index contributed by atoms with van der Waals surface area (Å²) in [5.74, 6) is 0.723. The molecule has 0 unspecified atom stereocenters. The second-order valence-electron chi connectivity index (χ2n) is 3.12. The first-order valence-electron chi connectivity index (χ1n) is 4.22. The Morgan fingerprint density at radius 3 is 3.15 bits per heavy atom. The van der Waals surface area contributed by atoms with Gasteiger partial charge in [0.25, 0.3) is 0 Å². The summed E-state index contributed by atoms with van der Waals surface area (Å²) < 4.78 is 0. The zero-order chi connectivity index (χ0) is 9.26. The maximum atomic E-state index is 9.33. The molecule has 4 heteroatoms. The molecule has 0 aromatic carbocycles. The zero-order valence-electron chi connectivity index (χ0n) is 7.07. The molecule has 1 aliphatic rings. The highest BCUT2D eigenvalue weighted by Crippen LogP contribution is 2.25. The van der Waals surface area contributed by atoms with Crippen LogP contribution in [0, 0.1) is 6.07 Å². The van der Waals surface area contributed by atoms with Crippen molar-refractivity contribution in [2.24, 2.45) is 0 Å². The number of rotatable bonds is 1. The summed E-state index contributed by atoms with van der Waals surface area (Å²) in [6.45, 7) is 1.43. The fraction of sp³-hybridized carbons (Fsp3) is 0.444. The number of aromatic nitrogens is 1. The van der Waals surface area contributed by atoms with Crippen molar-refractivity contribution in [3.63, 3.8) is 0 Å². The molecule has 1 aromatic heterocycles. The molecule has 13 heavy (non-hydrogen) atoms. The molecule has 1 radical (unpaired) electrons. The lowest BCUT2D eigenvalue weighted by molar-refractivity contribution is 0.198. The van der Waals surface area contributed by atoms with Crippen LogP contribution in [-0.4, -0.2) is 29.3 Å². The molecular weight excluding hydrogens is 188 g/mol. The number of hydrogen-bond donors (Lipinski definition) is 1. The Balaban J connectivity index is 2.21. The Hall–Kier alpha value is -0.800. The summed E-state index contributed by atoms with van der Waals surface area (Å²) in [5.41, 5.74) is 0. The van der Waals surface area contributed by atoms with Crippen molar-refractivity contribution in [3.05, 3.63) is 23.4 Å². The molecular formula is C9H10ClN2O. The van der Waals surface area contributed by atoms with Gasteiger partial charge in [0, 0.05) is 25.4 Å². The van der Waals surface area contributed by atoms with E-state index in [1.807, 2.05) is 4.90 Å². The largest absolute Gasteiger partial charge is 0.391 e. The third-order valence-electron chi connectivity index (χ3n) is 2.14. The maximum Gasteiger partial charge on any atom is 0.148 e. The van der Waals surface area contributed by atoms with Crippen LogP contribution in [0.25, 0.3) is 0 Å². The number of aliphatic hydroxyl groups is 1. The van der Waals surface area contributed by atoms with Crippen LogP contribution >= 0.6 is 11.6 Å². The van der Waals surface area contributed by atoms with E-state index in [0.717, 1.165) is 18.8 Å². The highest BCUT2D eigenvalue weighted by Gasteiger charge is 2.22. The monoisotopic (exact) mass is 197 g/mol. The second kappa shape index (κ2) is 3.52. The summed E-state index contributed by atoms with van der Waals surface area (Å²) in [4.78, 5) is 6.12. The molecule has 1 aromatic rings. The van der Waals surface area contributed by atoms with E-state index < -0.39 is 0 Å². The summed E-state index contributed by atoms with van der Waals surface area (Å²) in [6, 6.07) is 4.55. The van der Waals surface area contributed by atoms with Crippen LogP contribution in [0.3, 0.4) is 0 Å². The number of aliphatic hydroxyl groups excluding tert-OH is 1. The summed E-state index contributed by atoms with van der Waals surface area (Å²) in [6.07, 6.45) is 2.19. The van der Waals surface area contributed by atoms with Gasteiger partial charge < -0.3 is 10.0 Å². The number of pyridine rings is 1. The minimum Gasteiger partial charge on any atom is -0.391 e. The fourth-order valence-corrected chi connectivity index (χ4v) is 1.73. The van der Waals surface area contributed by atoms with Crippen LogP contribution < -0.4 is 4.90 Å². The van der Waals surface area contributed by atoms with Gasteiger partial charge in [-0.05, 0) is 12.5 Å². The summed E-state index contributed by atoms with van der Waals surface area (Å²) >= 11 is 5.91. The van der Waals surface area contributed by atoms with Gasteiger partial charge in [-0.1, -0.05) is 11.6 Å². The first-order chi connectivity index (χ1) is 6.27. The van der Waals surface area contributed by atoms with Crippen molar-refractivity contribution in [2.75, 3.05) is 18.0 Å². The third kappa shape index (κ3) is 1.76. The van der Waals surface area contributed by atoms with E-state index in [4.69, 9.17) is 11.6 Å². The fourth-order valence-electron chi connectivity index (χ4n) is 1.49. The first-order valence-corrected chi connectivity index (χ1v) is 4.60. The molecule has 1 aliphatic heterocycles. The first kappa shape index (κ1) is 8.78. The van der Waals surface area contributed by atoms with Crippen molar-refractivity contribution in [1.29, 1.82) is 0 Å². The van der Waals surface area contributed by atoms with Crippen molar-refractivity contribution >= 4 is 17.4 Å².